The van der Waals surface area contributed by atoms with Crippen molar-refractivity contribution in [3.63, 3.8) is 0 Å². The van der Waals surface area contributed by atoms with E-state index in [-0.39, 0.29) is 5.41 Å². The average molecular weight is 167 g/mol. The highest BCUT2D eigenvalue weighted by molar-refractivity contribution is 5.89. The Hall–Kier alpha value is -0.370. The smallest absolute Gasteiger partial charge is 0.143 e. The second-order valence-corrected chi connectivity index (χ2v) is 4.20. The highest BCUT2D eigenvalue weighted by atomic mass is 16.1. The van der Waals surface area contributed by atoms with Gasteiger partial charge in [0.25, 0.3) is 0 Å². The third kappa shape index (κ3) is 1.18. The van der Waals surface area contributed by atoms with Gasteiger partial charge in [0.2, 0.25) is 0 Å². The summed E-state index contributed by atoms with van der Waals surface area (Å²) in [5.41, 5.74) is 0.0289. The van der Waals surface area contributed by atoms with E-state index in [4.69, 9.17) is 0 Å². The van der Waals surface area contributed by atoms with Gasteiger partial charge in [0, 0.05) is 17.9 Å². The maximum absolute atomic E-state index is 11.9. The molecule has 0 aromatic rings. The molecule has 2 fully saturated rings. The van der Waals surface area contributed by atoms with Crippen molar-refractivity contribution in [1.29, 1.82) is 0 Å². The van der Waals surface area contributed by atoms with Crippen molar-refractivity contribution >= 4 is 5.78 Å². The number of rotatable bonds is 3. The summed E-state index contributed by atoms with van der Waals surface area (Å²) in [6, 6.07) is 0. The van der Waals surface area contributed by atoms with Gasteiger partial charge >= 0.3 is 0 Å². The zero-order valence-corrected chi connectivity index (χ0v) is 7.73. The Morgan fingerprint density at radius 3 is 2.75 bits per heavy atom. The molecule has 1 atom stereocenters. The van der Waals surface area contributed by atoms with Crippen LogP contribution in [0.15, 0.2) is 0 Å². The molecule has 1 unspecified atom stereocenters. The van der Waals surface area contributed by atoms with E-state index in [1.807, 2.05) is 0 Å². The molecular formula is C10H17NO. The third-order valence-corrected chi connectivity index (χ3v) is 3.39. The van der Waals surface area contributed by atoms with Gasteiger partial charge in [-0.05, 0) is 32.2 Å². The molecule has 2 aliphatic rings. The number of ketones is 1. The predicted octanol–water partition coefficient (Wildman–Crippen LogP) is 1.36. The molecule has 1 heterocycles. The van der Waals surface area contributed by atoms with Gasteiger partial charge in [-0.3, -0.25) is 4.79 Å². The van der Waals surface area contributed by atoms with Gasteiger partial charge in [-0.1, -0.05) is 6.92 Å². The molecule has 0 spiro atoms. The standard InChI is InChI=1S/C10H17NO/c1-2-10(5-6-11-7-10)9(12)8-3-4-8/h8,11H,2-7H2,1H3. The number of hydrogen-bond acceptors (Lipinski definition) is 2. The molecule has 2 heteroatoms. The number of nitrogens with one attached hydrogen (secondary N) is 1. The van der Waals surface area contributed by atoms with Gasteiger partial charge in [-0.25, -0.2) is 0 Å². The quantitative estimate of drug-likeness (QED) is 0.687. The lowest BCUT2D eigenvalue weighted by Crippen LogP contribution is -2.33. The highest BCUT2D eigenvalue weighted by Gasteiger charge is 2.45. The molecule has 2 nitrogen and oxygen atoms in total. The fourth-order valence-corrected chi connectivity index (χ4v) is 2.21. The van der Waals surface area contributed by atoms with Crippen LogP contribution >= 0.6 is 0 Å². The van der Waals surface area contributed by atoms with Gasteiger partial charge in [-0.2, -0.15) is 0 Å². The lowest BCUT2D eigenvalue weighted by molar-refractivity contribution is -0.129. The first kappa shape index (κ1) is 8.24. The number of carbonyl (C=O) groups excluding carboxylic acids is 1. The molecule has 1 saturated carbocycles. The largest absolute Gasteiger partial charge is 0.316 e. The second-order valence-electron chi connectivity index (χ2n) is 4.20. The van der Waals surface area contributed by atoms with Crippen molar-refractivity contribution in [1.82, 2.24) is 5.32 Å². The molecule has 1 aliphatic carbocycles. The van der Waals surface area contributed by atoms with E-state index in [1.165, 1.54) is 0 Å². The maximum atomic E-state index is 11.9. The van der Waals surface area contributed by atoms with Crippen molar-refractivity contribution in [3.8, 4) is 0 Å². The fourth-order valence-electron chi connectivity index (χ4n) is 2.21. The average Bonchev–Trinajstić information content (AvgIpc) is 2.83. The fraction of sp³-hybridized carbons (Fsp3) is 0.900. The van der Waals surface area contributed by atoms with Crippen molar-refractivity contribution in [3.05, 3.63) is 0 Å². The molecule has 2 rings (SSSR count). The Balaban J connectivity index is 2.09. The summed E-state index contributed by atoms with van der Waals surface area (Å²) in [5.74, 6) is 0.986. The molecule has 68 valence electrons. The van der Waals surface area contributed by atoms with Crippen molar-refractivity contribution in [2.24, 2.45) is 11.3 Å². The summed E-state index contributed by atoms with van der Waals surface area (Å²) in [7, 11) is 0. The molecule has 0 amide bonds. The minimum absolute atomic E-state index is 0.0289. The zero-order chi connectivity index (χ0) is 8.60. The van der Waals surface area contributed by atoms with E-state index in [0.717, 1.165) is 38.8 Å². The lowest BCUT2D eigenvalue weighted by atomic mass is 9.78. The topological polar surface area (TPSA) is 29.1 Å². The monoisotopic (exact) mass is 167 g/mol. The Morgan fingerprint density at radius 1 is 1.58 bits per heavy atom. The van der Waals surface area contributed by atoms with Crippen LogP contribution in [0.1, 0.15) is 32.6 Å². The first-order valence-electron chi connectivity index (χ1n) is 5.03. The van der Waals surface area contributed by atoms with Crippen molar-refractivity contribution in [2.45, 2.75) is 32.6 Å². The minimum Gasteiger partial charge on any atom is -0.316 e. The van der Waals surface area contributed by atoms with E-state index >= 15 is 0 Å². The van der Waals surface area contributed by atoms with E-state index in [9.17, 15) is 4.79 Å². The summed E-state index contributed by atoms with van der Waals surface area (Å²) in [5, 5.41) is 3.31. The summed E-state index contributed by atoms with van der Waals surface area (Å²) in [4.78, 5) is 11.9. The minimum atomic E-state index is 0.0289. The number of carbonyl (C=O) groups is 1. The highest BCUT2D eigenvalue weighted by Crippen LogP contribution is 2.41. The SMILES string of the molecule is CCC1(C(=O)C2CC2)CCNC1. The van der Waals surface area contributed by atoms with Crippen LogP contribution in [0.4, 0.5) is 0 Å². The zero-order valence-electron chi connectivity index (χ0n) is 7.73. The molecular weight excluding hydrogens is 150 g/mol. The van der Waals surface area contributed by atoms with Crippen LogP contribution in [0.3, 0.4) is 0 Å². The van der Waals surface area contributed by atoms with Crippen LogP contribution in [0.25, 0.3) is 0 Å². The first-order chi connectivity index (χ1) is 5.78. The first-order valence-corrected chi connectivity index (χ1v) is 5.03. The lowest BCUT2D eigenvalue weighted by Gasteiger charge is -2.24. The molecule has 12 heavy (non-hydrogen) atoms. The summed E-state index contributed by atoms with van der Waals surface area (Å²) < 4.78 is 0. The van der Waals surface area contributed by atoms with Crippen molar-refractivity contribution in [2.75, 3.05) is 13.1 Å². The van der Waals surface area contributed by atoms with Crippen LogP contribution in [-0.2, 0) is 4.79 Å². The van der Waals surface area contributed by atoms with Crippen LogP contribution < -0.4 is 5.32 Å². The van der Waals surface area contributed by atoms with E-state index in [2.05, 4.69) is 12.2 Å². The van der Waals surface area contributed by atoms with Gasteiger partial charge in [0.15, 0.2) is 0 Å². The number of Topliss-reactive ketones (excluding diaryl/α,β-unsaturated/α-hetero) is 1. The molecule has 0 bridgehead atoms. The Bertz CT molecular complexity index is 190. The Labute approximate surface area is 73.7 Å². The normalized spacial score (nSPS) is 35.4. The molecule has 0 aromatic carbocycles. The van der Waals surface area contributed by atoms with E-state index < -0.39 is 0 Å². The predicted molar refractivity (Wildman–Crippen MR) is 47.9 cm³/mol. The van der Waals surface area contributed by atoms with Gasteiger partial charge in [0.05, 0.1) is 0 Å². The van der Waals surface area contributed by atoms with Crippen LogP contribution in [0.5, 0.6) is 0 Å². The van der Waals surface area contributed by atoms with Gasteiger partial charge < -0.3 is 5.32 Å². The maximum Gasteiger partial charge on any atom is 0.143 e. The third-order valence-electron chi connectivity index (χ3n) is 3.39. The van der Waals surface area contributed by atoms with Crippen LogP contribution in [-0.4, -0.2) is 18.9 Å². The van der Waals surface area contributed by atoms with Crippen LogP contribution in [0, 0.1) is 11.3 Å². The van der Waals surface area contributed by atoms with Gasteiger partial charge in [0.1, 0.15) is 5.78 Å². The molecule has 0 aromatic heterocycles. The molecule has 1 N–H and O–H groups in total. The van der Waals surface area contributed by atoms with Crippen LogP contribution in [0.2, 0.25) is 0 Å². The van der Waals surface area contributed by atoms with E-state index in [1.54, 1.807) is 0 Å². The summed E-state index contributed by atoms with van der Waals surface area (Å²) in [6.07, 6.45) is 4.40. The molecule has 0 radical (unpaired) electrons. The van der Waals surface area contributed by atoms with Gasteiger partial charge in [-0.15, -0.1) is 0 Å². The van der Waals surface area contributed by atoms with Crippen molar-refractivity contribution < 1.29 is 4.79 Å². The summed E-state index contributed by atoms with van der Waals surface area (Å²) >= 11 is 0. The number of hydrogen-bond donors (Lipinski definition) is 1. The molecule has 1 aliphatic heterocycles. The molecule has 1 saturated heterocycles. The Kier molecular flexibility index (Phi) is 1.95. The van der Waals surface area contributed by atoms with E-state index in [0.29, 0.717) is 11.7 Å². The summed E-state index contributed by atoms with van der Waals surface area (Å²) in [6.45, 7) is 4.11. The Morgan fingerprint density at radius 2 is 2.33 bits per heavy atom. The second kappa shape index (κ2) is 2.84.